The molecule has 0 aromatic carbocycles. The molecule has 3 heterocycles. The Morgan fingerprint density at radius 2 is 2.10 bits per heavy atom. The highest BCUT2D eigenvalue weighted by molar-refractivity contribution is 9.10. The van der Waals surface area contributed by atoms with Gasteiger partial charge < -0.3 is 4.90 Å². The zero-order valence-electron chi connectivity index (χ0n) is 12.9. The van der Waals surface area contributed by atoms with Crippen LogP contribution in [0.1, 0.15) is 50.0 Å². The number of thiophene rings is 1. The van der Waals surface area contributed by atoms with Gasteiger partial charge in [0.05, 0.1) is 6.04 Å². The van der Waals surface area contributed by atoms with Crippen molar-refractivity contribution in [3.05, 3.63) is 38.4 Å². The Balaban J connectivity index is 2.00. The molecule has 3 nitrogen and oxygen atoms in total. The molecule has 0 radical (unpaired) electrons. The summed E-state index contributed by atoms with van der Waals surface area (Å²) < 4.78 is 0.862. The predicted molar refractivity (Wildman–Crippen MR) is 92.2 cm³/mol. The van der Waals surface area contributed by atoms with Crippen LogP contribution in [0.25, 0.3) is 0 Å². The van der Waals surface area contributed by atoms with Crippen molar-refractivity contribution in [2.75, 3.05) is 11.4 Å². The van der Waals surface area contributed by atoms with Gasteiger partial charge in [-0.25, -0.2) is 9.97 Å². The van der Waals surface area contributed by atoms with Gasteiger partial charge in [0.25, 0.3) is 0 Å². The zero-order chi connectivity index (χ0) is 15.2. The van der Waals surface area contributed by atoms with E-state index in [1.807, 2.05) is 17.4 Å². The monoisotopic (exact) mass is 365 g/mol. The quantitative estimate of drug-likeness (QED) is 0.684. The third kappa shape index (κ3) is 2.86. The molecule has 0 amide bonds. The SMILES string of the molecule is CC1c2ccsc2CCN1c1cc(Br)nc(C(C)(C)C)n1. The summed E-state index contributed by atoms with van der Waals surface area (Å²) in [5.41, 5.74) is 1.39. The van der Waals surface area contributed by atoms with Crippen LogP contribution in [-0.4, -0.2) is 16.5 Å². The lowest BCUT2D eigenvalue weighted by Crippen LogP contribution is -2.34. The van der Waals surface area contributed by atoms with Gasteiger partial charge in [0.1, 0.15) is 16.2 Å². The van der Waals surface area contributed by atoms with Gasteiger partial charge in [-0.15, -0.1) is 11.3 Å². The smallest absolute Gasteiger partial charge is 0.137 e. The highest BCUT2D eigenvalue weighted by atomic mass is 79.9. The Morgan fingerprint density at radius 3 is 2.81 bits per heavy atom. The number of hydrogen-bond acceptors (Lipinski definition) is 4. The fourth-order valence-corrected chi connectivity index (χ4v) is 4.05. The van der Waals surface area contributed by atoms with Gasteiger partial charge in [0.2, 0.25) is 0 Å². The van der Waals surface area contributed by atoms with E-state index >= 15 is 0 Å². The molecule has 1 aliphatic rings. The summed E-state index contributed by atoms with van der Waals surface area (Å²) in [5, 5.41) is 2.20. The molecule has 2 aromatic rings. The molecular weight excluding hydrogens is 346 g/mol. The fourth-order valence-electron chi connectivity index (χ4n) is 2.71. The van der Waals surface area contributed by atoms with Crippen LogP contribution in [0.3, 0.4) is 0 Å². The van der Waals surface area contributed by atoms with Crippen LogP contribution in [0.5, 0.6) is 0 Å². The Bertz CT molecular complexity index is 660. The van der Waals surface area contributed by atoms with Crippen LogP contribution >= 0.6 is 27.3 Å². The highest BCUT2D eigenvalue weighted by Gasteiger charge is 2.27. The van der Waals surface area contributed by atoms with E-state index < -0.39 is 0 Å². The lowest BCUT2D eigenvalue weighted by molar-refractivity contribution is 0.537. The molecule has 2 aromatic heterocycles. The van der Waals surface area contributed by atoms with Crippen molar-refractivity contribution in [1.29, 1.82) is 0 Å². The minimum absolute atomic E-state index is 0.0505. The molecule has 1 atom stereocenters. The molecule has 0 saturated carbocycles. The van der Waals surface area contributed by atoms with Gasteiger partial charge >= 0.3 is 0 Å². The maximum atomic E-state index is 4.82. The molecule has 0 fully saturated rings. The predicted octanol–water partition coefficient (Wildman–Crippen LogP) is 4.72. The molecule has 112 valence electrons. The van der Waals surface area contributed by atoms with Crippen LogP contribution < -0.4 is 4.90 Å². The van der Waals surface area contributed by atoms with Crippen molar-refractivity contribution in [2.24, 2.45) is 0 Å². The molecule has 0 aliphatic carbocycles. The van der Waals surface area contributed by atoms with Crippen molar-refractivity contribution in [3.8, 4) is 0 Å². The van der Waals surface area contributed by atoms with E-state index in [4.69, 9.17) is 4.98 Å². The van der Waals surface area contributed by atoms with E-state index in [9.17, 15) is 0 Å². The van der Waals surface area contributed by atoms with Crippen LogP contribution in [0.15, 0.2) is 22.1 Å². The van der Waals surface area contributed by atoms with Crippen molar-refractivity contribution in [2.45, 2.75) is 45.6 Å². The van der Waals surface area contributed by atoms with Crippen LogP contribution in [0, 0.1) is 0 Å². The second-order valence-electron chi connectivity index (χ2n) is 6.54. The number of nitrogens with zero attached hydrogens (tertiary/aromatic N) is 3. The van der Waals surface area contributed by atoms with Gasteiger partial charge in [-0.05, 0) is 46.3 Å². The van der Waals surface area contributed by atoms with Gasteiger partial charge in [-0.3, -0.25) is 0 Å². The van der Waals surface area contributed by atoms with Crippen LogP contribution in [-0.2, 0) is 11.8 Å². The standard InChI is InChI=1S/C16H20BrN3S/c1-10-11-6-8-21-12(11)5-7-20(10)14-9-13(17)18-15(19-14)16(2,3)4/h6,8-10H,5,7H2,1-4H3. The Labute approximate surface area is 138 Å². The van der Waals surface area contributed by atoms with Gasteiger partial charge in [-0.1, -0.05) is 20.8 Å². The summed E-state index contributed by atoms with van der Waals surface area (Å²) in [6.45, 7) is 9.72. The van der Waals surface area contributed by atoms with Gasteiger partial charge in [0.15, 0.2) is 0 Å². The second kappa shape index (κ2) is 5.36. The van der Waals surface area contributed by atoms with Crippen molar-refractivity contribution >= 4 is 33.1 Å². The maximum absolute atomic E-state index is 4.82. The lowest BCUT2D eigenvalue weighted by Gasteiger charge is -2.35. The van der Waals surface area contributed by atoms with E-state index in [1.54, 1.807) is 0 Å². The number of hydrogen-bond donors (Lipinski definition) is 0. The van der Waals surface area contributed by atoms with Crippen molar-refractivity contribution < 1.29 is 0 Å². The molecule has 3 rings (SSSR count). The van der Waals surface area contributed by atoms with E-state index in [-0.39, 0.29) is 5.41 Å². The highest BCUT2D eigenvalue weighted by Crippen LogP contribution is 2.36. The average molecular weight is 366 g/mol. The average Bonchev–Trinajstić information content (AvgIpc) is 2.86. The molecule has 5 heteroatoms. The third-order valence-corrected chi connectivity index (χ3v) is 5.33. The van der Waals surface area contributed by atoms with Crippen molar-refractivity contribution in [1.82, 2.24) is 9.97 Å². The number of anilines is 1. The molecule has 21 heavy (non-hydrogen) atoms. The molecular formula is C16H20BrN3S. The Morgan fingerprint density at radius 1 is 1.33 bits per heavy atom. The second-order valence-corrected chi connectivity index (χ2v) is 8.35. The zero-order valence-corrected chi connectivity index (χ0v) is 15.3. The topological polar surface area (TPSA) is 29.0 Å². The number of halogens is 1. The van der Waals surface area contributed by atoms with Crippen LogP contribution in [0.2, 0.25) is 0 Å². The van der Waals surface area contributed by atoms with E-state index in [0.717, 1.165) is 29.2 Å². The minimum Gasteiger partial charge on any atom is -0.349 e. The van der Waals surface area contributed by atoms with E-state index in [1.165, 1.54) is 10.4 Å². The summed E-state index contributed by atoms with van der Waals surface area (Å²) in [4.78, 5) is 13.3. The number of aromatic nitrogens is 2. The van der Waals surface area contributed by atoms with Gasteiger partial charge in [0, 0.05) is 22.9 Å². The minimum atomic E-state index is -0.0505. The normalized spacial score (nSPS) is 18.7. The first kappa shape index (κ1) is 15.0. The molecule has 0 saturated heterocycles. The molecule has 0 bridgehead atoms. The Hall–Kier alpha value is -0.940. The number of rotatable bonds is 1. The molecule has 0 N–H and O–H groups in total. The number of fused-ring (bicyclic) bond motifs is 1. The first-order valence-corrected chi connectivity index (χ1v) is 8.91. The molecule has 1 aliphatic heterocycles. The summed E-state index contributed by atoms with van der Waals surface area (Å²) in [5.74, 6) is 1.90. The largest absolute Gasteiger partial charge is 0.349 e. The first-order chi connectivity index (χ1) is 9.86. The molecule has 0 spiro atoms. The summed E-state index contributed by atoms with van der Waals surface area (Å²) >= 11 is 5.41. The lowest BCUT2D eigenvalue weighted by atomic mass is 9.95. The summed E-state index contributed by atoms with van der Waals surface area (Å²) in [6, 6.07) is 4.65. The molecule has 1 unspecified atom stereocenters. The summed E-state index contributed by atoms with van der Waals surface area (Å²) in [7, 11) is 0. The van der Waals surface area contributed by atoms with Crippen molar-refractivity contribution in [3.63, 3.8) is 0 Å². The third-order valence-electron chi connectivity index (χ3n) is 3.92. The van der Waals surface area contributed by atoms with E-state index in [0.29, 0.717) is 6.04 Å². The first-order valence-electron chi connectivity index (χ1n) is 7.24. The van der Waals surface area contributed by atoms with Crippen LogP contribution in [0.4, 0.5) is 5.82 Å². The van der Waals surface area contributed by atoms with Gasteiger partial charge in [-0.2, -0.15) is 0 Å². The van der Waals surface area contributed by atoms with E-state index in [2.05, 4.69) is 65.0 Å². The Kier molecular flexibility index (Phi) is 3.82. The fraction of sp³-hybridized carbons (Fsp3) is 0.500. The maximum Gasteiger partial charge on any atom is 0.137 e. The summed E-state index contributed by atoms with van der Waals surface area (Å²) in [6.07, 6.45) is 1.10.